The maximum Gasteiger partial charge on any atom is 0.357 e. The number of fused-ring (bicyclic) bond motifs is 1. The van der Waals surface area contributed by atoms with Crippen LogP contribution in [0.1, 0.15) is 51.1 Å². The normalized spacial score (nSPS) is 20.6. The van der Waals surface area contributed by atoms with Gasteiger partial charge in [0.25, 0.3) is 5.56 Å². The van der Waals surface area contributed by atoms with Crippen molar-refractivity contribution in [2.75, 3.05) is 7.11 Å². The minimum Gasteiger partial charge on any atom is -0.497 e. The van der Waals surface area contributed by atoms with Gasteiger partial charge < -0.3 is 9.72 Å². The Bertz CT molecular complexity index is 897. The van der Waals surface area contributed by atoms with Gasteiger partial charge in [-0.1, -0.05) is 26.2 Å². The molecule has 1 aliphatic rings. The molecule has 154 valence electrons. The van der Waals surface area contributed by atoms with Crippen LogP contribution in [0.25, 0.3) is 11.0 Å². The number of benzene rings is 1. The largest absolute Gasteiger partial charge is 0.497 e. The number of ether oxygens (including phenoxy) is 1. The standard InChI is InChI=1S/C20H24F4N2O2/c1-12-5-3-6-13(12)7-4-10-19(21,22)20(23,24)17-18(27)26-16-11-14(28-2)8-9-15(16)25-17/h8-9,11-13H,3-7,10H2,1-2H3,(H,26,27)/t12?,13-/m0/s1. The molecule has 0 saturated heterocycles. The molecule has 0 amide bonds. The molecule has 1 N–H and O–H groups in total. The van der Waals surface area contributed by atoms with E-state index in [1.165, 1.54) is 25.3 Å². The smallest absolute Gasteiger partial charge is 0.357 e. The third kappa shape index (κ3) is 3.86. The summed E-state index contributed by atoms with van der Waals surface area (Å²) in [6.07, 6.45) is 2.57. The lowest BCUT2D eigenvalue weighted by molar-refractivity contribution is -0.222. The van der Waals surface area contributed by atoms with Gasteiger partial charge in [-0.05, 0) is 36.8 Å². The Morgan fingerprint density at radius 2 is 2.00 bits per heavy atom. The highest BCUT2D eigenvalue weighted by Crippen LogP contribution is 2.45. The molecule has 1 saturated carbocycles. The minimum atomic E-state index is -4.66. The summed E-state index contributed by atoms with van der Waals surface area (Å²) in [5.74, 6) is -7.88. The SMILES string of the molecule is COc1ccc2nc(C(F)(F)C(F)(F)CCC[C@@H]3CCCC3C)c(=O)[nH]c2c1. The lowest BCUT2D eigenvalue weighted by Crippen LogP contribution is -2.42. The molecule has 3 rings (SSSR count). The molecule has 1 aromatic carbocycles. The topological polar surface area (TPSA) is 55.0 Å². The third-order valence-electron chi connectivity index (χ3n) is 5.76. The van der Waals surface area contributed by atoms with Crippen LogP contribution in [0.15, 0.2) is 23.0 Å². The lowest BCUT2D eigenvalue weighted by atomic mass is 9.91. The van der Waals surface area contributed by atoms with Gasteiger partial charge in [-0.15, -0.1) is 0 Å². The van der Waals surface area contributed by atoms with Gasteiger partial charge in [0, 0.05) is 12.5 Å². The highest BCUT2D eigenvalue weighted by molar-refractivity contribution is 5.75. The lowest BCUT2D eigenvalue weighted by Gasteiger charge is -2.26. The molecular formula is C20H24F4N2O2. The number of hydrogen-bond donors (Lipinski definition) is 1. The van der Waals surface area contributed by atoms with Gasteiger partial charge in [0.05, 0.1) is 18.1 Å². The summed E-state index contributed by atoms with van der Waals surface area (Å²) in [5.41, 5.74) is -2.65. The predicted octanol–water partition coefficient (Wildman–Crippen LogP) is 5.27. The summed E-state index contributed by atoms with van der Waals surface area (Å²) in [4.78, 5) is 17.8. The number of hydrogen-bond acceptors (Lipinski definition) is 3. The Balaban J connectivity index is 1.81. The number of halogens is 4. The van der Waals surface area contributed by atoms with Gasteiger partial charge in [0.15, 0.2) is 5.69 Å². The van der Waals surface area contributed by atoms with E-state index < -0.39 is 29.5 Å². The molecule has 8 heteroatoms. The Hall–Kier alpha value is -2.12. The van der Waals surface area contributed by atoms with Crippen molar-refractivity contribution in [3.8, 4) is 5.75 Å². The zero-order valence-electron chi connectivity index (χ0n) is 15.9. The second-order valence-corrected chi connectivity index (χ2v) is 7.64. The zero-order chi connectivity index (χ0) is 20.5. The van der Waals surface area contributed by atoms with Gasteiger partial charge in [0.1, 0.15) is 5.75 Å². The van der Waals surface area contributed by atoms with Crippen LogP contribution in [-0.2, 0) is 5.92 Å². The fraction of sp³-hybridized carbons (Fsp3) is 0.600. The van der Waals surface area contributed by atoms with Crippen LogP contribution in [0.2, 0.25) is 0 Å². The number of methoxy groups -OCH3 is 1. The highest BCUT2D eigenvalue weighted by Gasteiger charge is 2.59. The first-order valence-corrected chi connectivity index (χ1v) is 9.50. The Morgan fingerprint density at radius 1 is 1.25 bits per heavy atom. The van der Waals surface area contributed by atoms with Crippen LogP contribution in [0.3, 0.4) is 0 Å². The van der Waals surface area contributed by atoms with Crippen LogP contribution in [0.4, 0.5) is 17.6 Å². The molecule has 28 heavy (non-hydrogen) atoms. The number of nitrogens with zero attached hydrogens (tertiary/aromatic N) is 1. The average Bonchev–Trinajstić information content (AvgIpc) is 3.05. The quantitative estimate of drug-likeness (QED) is 0.645. The predicted molar refractivity (Wildman–Crippen MR) is 98.1 cm³/mol. The molecule has 0 spiro atoms. The van der Waals surface area contributed by atoms with Crippen molar-refractivity contribution in [3.63, 3.8) is 0 Å². The molecular weight excluding hydrogens is 376 g/mol. The van der Waals surface area contributed by atoms with Crippen molar-refractivity contribution in [1.29, 1.82) is 0 Å². The van der Waals surface area contributed by atoms with Crippen molar-refractivity contribution in [3.05, 3.63) is 34.2 Å². The maximum atomic E-state index is 14.6. The van der Waals surface area contributed by atoms with Gasteiger partial charge >= 0.3 is 11.8 Å². The minimum absolute atomic E-state index is 0.00865. The molecule has 1 fully saturated rings. The van der Waals surface area contributed by atoms with Gasteiger partial charge in [0.2, 0.25) is 0 Å². The van der Waals surface area contributed by atoms with Crippen molar-refractivity contribution in [2.45, 2.75) is 57.3 Å². The van der Waals surface area contributed by atoms with E-state index in [9.17, 15) is 22.4 Å². The molecule has 2 atom stereocenters. The van der Waals surface area contributed by atoms with Crippen LogP contribution in [-0.4, -0.2) is 23.0 Å². The monoisotopic (exact) mass is 400 g/mol. The van der Waals surface area contributed by atoms with Crippen LogP contribution < -0.4 is 10.3 Å². The number of H-pyrrole nitrogens is 1. The van der Waals surface area contributed by atoms with Crippen LogP contribution in [0, 0.1) is 11.8 Å². The average molecular weight is 400 g/mol. The number of aromatic nitrogens is 2. The summed E-state index contributed by atoms with van der Waals surface area (Å²) in [7, 11) is 1.40. The first-order chi connectivity index (χ1) is 13.2. The Labute approximate surface area is 160 Å². The van der Waals surface area contributed by atoms with E-state index in [0.29, 0.717) is 24.0 Å². The van der Waals surface area contributed by atoms with Gasteiger partial charge in [-0.3, -0.25) is 4.79 Å². The molecule has 0 radical (unpaired) electrons. The Morgan fingerprint density at radius 3 is 2.64 bits per heavy atom. The van der Waals surface area contributed by atoms with Crippen LogP contribution >= 0.6 is 0 Å². The maximum absolute atomic E-state index is 14.6. The van der Waals surface area contributed by atoms with E-state index in [4.69, 9.17) is 4.74 Å². The summed E-state index contributed by atoms with van der Waals surface area (Å²) in [6, 6.07) is 4.19. The van der Waals surface area contributed by atoms with E-state index in [0.717, 1.165) is 19.3 Å². The van der Waals surface area contributed by atoms with E-state index in [1.807, 2.05) is 0 Å². The number of aromatic amines is 1. The van der Waals surface area contributed by atoms with E-state index in [1.54, 1.807) is 0 Å². The van der Waals surface area contributed by atoms with Gasteiger partial charge in [-0.25, -0.2) is 4.98 Å². The summed E-state index contributed by atoms with van der Waals surface area (Å²) >= 11 is 0. The van der Waals surface area contributed by atoms with Crippen molar-refractivity contribution in [1.82, 2.24) is 9.97 Å². The van der Waals surface area contributed by atoms with Crippen molar-refractivity contribution < 1.29 is 22.3 Å². The molecule has 1 aliphatic carbocycles. The van der Waals surface area contributed by atoms with E-state index >= 15 is 0 Å². The summed E-state index contributed by atoms with van der Waals surface area (Å²) < 4.78 is 63.0. The van der Waals surface area contributed by atoms with Crippen molar-refractivity contribution >= 4 is 11.0 Å². The Kier molecular flexibility index (Phi) is 5.68. The molecule has 4 nitrogen and oxygen atoms in total. The zero-order valence-corrected chi connectivity index (χ0v) is 15.9. The first-order valence-electron chi connectivity index (χ1n) is 9.50. The summed E-state index contributed by atoms with van der Waals surface area (Å²) in [6.45, 7) is 2.07. The van der Waals surface area contributed by atoms with E-state index in [2.05, 4.69) is 16.9 Å². The van der Waals surface area contributed by atoms with Crippen molar-refractivity contribution in [2.24, 2.45) is 11.8 Å². The second-order valence-electron chi connectivity index (χ2n) is 7.64. The summed E-state index contributed by atoms with van der Waals surface area (Å²) in [5, 5.41) is 0. The van der Waals surface area contributed by atoms with E-state index in [-0.39, 0.29) is 17.5 Å². The number of alkyl halides is 4. The molecule has 1 aromatic heterocycles. The number of rotatable bonds is 7. The molecule has 0 aliphatic heterocycles. The third-order valence-corrected chi connectivity index (χ3v) is 5.76. The fourth-order valence-corrected chi connectivity index (χ4v) is 3.97. The second kappa shape index (κ2) is 7.72. The molecule has 2 aromatic rings. The number of nitrogens with one attached hydrogen (secondary N) is 1. The van der Waals surface area contributed by atoms with Gasteiger partial charge in [-0.2, -0.15) is 17.6 Å². The van der Waals surface area contributed by atoms with Crippen LogP contribution in [0.5, 0.6) is 5.75 Å². The highest BCUT2D eigenvalue weighted by atomic mass is 19.3. The molecule has 1 heterocycles. The fourth-order valence-electron chi connectivity index (χ4n) is 3.97. The molecule has 0 bridgehead atoms. The molecule has 1 unspecified atom stereocenters. The first kappa shape index (κ1) is 20.6.